The van der Waals surface area contributed by atoms with Gasteiger partial charge in [-0.25, -0.2) is 4.57 Å². The molecule has 1 heterocycles. The van der Waals surface area contributed by atoms with E-state index in [1.807, 2.05) is 13.8 Å². The van der Waals surface area contributed by atoms with Gasteiger partial charge in [0.15, 0.2) is 5.06 Å². The summed E-state index contributed by atoms with van der Waals surface area (Å²) in [6, 6.07) is 1.69. The van der Waals surface area contributed by atoms with Gasteiger partial charge in [0.25, 0.3) is 0 Å². The molecule has 1 rings (SSSR count). The van der Waals surface area contributed by atoms with Crippen LogP contribution in [0.1, 0.15) is 26.7 Å². The molecule has 0 N–H and O–H groups in total. The van der Waals surface area contributed by atoms with E-state index in [9.17, 15) is 4.57 Å². The van der Waals surface area contributed by atoms with E-state index in [1.54, 1.807) is 11.4 Å². The maximum Gasteiger partial charge on any atom is 0.530 e. The van der Waals surface area contributed by atoms with E-state index in [4.69, 9.17) is 13.6 Å². The van der Waals surface area contributed by atoms with E-state index in [0.29, 0.717) is 18.3 Å². The molecule has 4 nitrogen and oxygen atoms in total. The molecule has 0 aromatic carbocycles. The zero-order valence-electron chi connectivity index (χ0n) is 9.92. The minimum Gasteiger partial charge on any atom is -0.393 e. The van der Waals surface area contributed by atoms with Crippen LogP contribution in [0.15, 0.2) is 16.3 Å². The smallest absolute Gasteiger partial charge is 0.393 e. The van der Waals surface area contributed by atoms with Crippen LogP contribution in [0.3, 0.4) is 0 Å². The van der Waals surface area contributed by atoms with E-state index in [1.165, 1.54) is 11.3 Å². The average molecular weight is 296 g/mol. The van der Waals surface area contributed by atoms with Gasteiger partial charge >= 0.3 is 7.82 Å². The summed E-state index contributed by atoms with van der Waals surface area (Å²) in [7, 11) is -3.48. The van der Waals surface area contributed by atoms with Crippen LogP contribution in [0, 0.1) is 0 Å². The van der Waals surface area contributed by atoms with Crippen molar-refractivity contribution < 1.29 is 18.1 Å². The molecule has 0 amide bonds. The minimum absolute atomic E-state index is 0.347. The Labute approximate surface area is 111 Å². The Morgan fingerprint density at radius 1 is 1.29 bits per heavy atom. The molecule has 7 heteroatoms. The van der Waals surface area contributed by atoms with E-state index in [-0.39, 0.29) is 0 Å². The van der Waals surface area contributed by atoms with Gasteiger partial charge in [0.1, 0.15) is 0 Å². The van der Waals surface area contributed by atoms with Crippen LogP contribution in [0.2, 0.25) is 0 Å². The third-order valence-electron chi connectivity index (χ3n) is 1.67. The molecule has 0 saturated heterocycles. The first-order valence-corrected chi connectivity index (χ1v) is 8.24. The maximum absolute atomic E-state index is 12.2. The topological polar surface area (TPSA) is 44.8 Å². The maximum atomic E-state index is 12.2. The molecule has 0 atom stereocenters. The van der Waals surface area contributed by atoms with E-state index in [2.05, 4.69) is 12.6 Å². The molecule has 0 unspecified atom stereocenters. The number of hydrogen-bond donors (Lipinski definition) is 1. The lowest BCUT2D eigenvalue weighted by Gasteiger charge is -2.16. The van der Waals surface area contributed by atoms with Gasteiger partial charge in [0, 0.05) is 16.3 Å². The second kappa shape index (κ2) is 7.44. The molecule has 0 fully saturated rings. The van der Waals surface area contributed by atoms with Crippen LogP contribution in [0.5, 0.6) is 5.06 Å². The lowest BCUT2D eigenvalue weighted by Crippen LogP contribution is -2.03. The summed E-state index contributed by atoms with van der Waals surface area (Å²) >= 11 is 5.47. The van der Waals surface area contributed by atoms with Crippen molar-refractivity contribution in [2.75, 3.05) is 13.2 Å². The van der Waals surface area contributed by atoms with Gasteiger partial charge in [0.2, 0.25) is 0 Å². The van der Waals surface area contributed by atoms with Crippen molar-refractivity contribution in [3.8, 4) is 5.06 Å². The first-order chi connectivity index (χ1) is 8.09. The van der Waals surface area contributed by atoms with Gasteiger partial charge in [-0.1, -0.05) is 13.8 Å². The highest BCUT2D eigenvalue weighted by molar-refractivity contribution is 7.80. The monoisotopic (exact) mass is 296 g/mol. The summed E-state index contributed by atoms with van der Waals surface area (Å²) in [4.78, 5) is 0.766. The average Bonchev–Trinajstić information content (AvgIpc) is 2.69. The van der Waals surface area contributed by atoms with Crippen LogP contribution in [0.25, 0.3) is 0 Å². The quantitative estimate of drug-likeness (QED) is 0.571. The van der Waals surface area contributed by atoms with Crippen LogP contribution >= 0.6 is 31.8 Å². The van der Waals surface area contributed by atoms with Gasteiger partial charge in [-0.05, 0) is 12.8 Å². The zero-order chi connectivity index (χ0) is 12.7. The molecule has 17 heavy (non-hydrogen) atoms. The fraction of sp³-hybridized carbons (Fsp3) is 0.600. The molecule has 1 aromatic heterocycles. The normalized spacial score (nSPS) is 11.7. The highest BCUT2D eigenvalue weighted by Crippen LogP contribution is 2.51. The van der Waals surface area contributed by atoms with Gasteiger partial charge in [-0.15, -0.1) is 24.0 Å². The summed E-state index contributed by atoms with van der Waals surface area (Å²) in [6.45, 7) is 4.56. The Morgan fingerprint density at radius 3 is 2.29 bits per heavy atom. The molecule has 98 valence electrons. The van der Waals surface area contributed by atoms with E-state index >= 15 is 0 Å². The third kappa shape index (κ3) is 5.44. The Hall–Kier alpha value is -0.0000000000000000833. The molecule has 0 aliphatic rings. The first-order valence-electron chi connectivity index (χ1n) is 5.46. The molecule has 0 radical (unpaired) electrons. The summed E-state index contributed by atoms with van der Waals surface area (Å²) in [5.41, 5.74) is 0. The van der Waals surface area contributed by atoms with Gasteiger partial charge in [-0.2, -0.15) is 0 Å². The Morgan fingerprint density at radius 2 is 1.88 bits per heavy atom. The summed E-state index contributed by atoms with van der Waals surface area (Å²) in [5, 5.41) is 2.29. The molecule has 0 saturated carbocycles. The highest BCUT2D eigenvalue weighted by atomic mass is 32.1. The standard InChI is InChI=1S/C10H17O4PS2/c1-3-5-12-15(11,13-6-4-2)14-10-7-9(16)8-17-10/h7-8,16H,3-6H2,1-2H3. The second-order valence-corrected chi connectivity index (χ2v) is 6.31. The molecule has 0 bridgehead atoms. The number of thiol groups is 1. The zero-order valence-corrected chi connectivity index (χ0v) is 12.5. The van der Waals surface area contributed by atoms with Crippen LogP contribution in [0.4, 0.5) is 0 Å². The Bertz CT molecular complexity index is 368. The van der Waals surface area contributed by atoms with Gasteiger partial charge < -0.3 is 4.52 Å². The van der Waals surface area contributed by atoms with Crippen molar-refractivity contribution >= 4 is 31.8 Å². The summed E-state index contributed by atoms with van der Waals surface area (Å²) < 4.78 is 27.9. The predicted octanol–water partition coefficient (Wildman–Crippen LogP) is 4.38. The van der Waals surface area contributed by atoms with Gasteiger partial charge in [0.05, 0.1) is 13.2 Å². The molecule has 1 aromatic rings. The SMILES string of the molecule is CCCOP(=O)(OCCC)Oc1cc(S)cs1. The highest BCUT2D eigenvalue weighted by Gasteiger charge is 2.28. The van der Waals surface area contributed by atoms with Crippen LogP contribution < -0.4 is 4.52 Å². The number of hydrogen-bond acceptors (Lipinski definition) is 6. The van der Waals surface area contributed by atoms with Crippen LogP contribution in [-0.4, -0.2) is 13.2 Å². The van der Waals surface area contributed by atoms with E-state index < -0.39 is 7.82 Å². The molecular formula is C10H17O4PS2. The number of thiophene rings is 1. The first kappa shape index (κ1) is 15.1. The largest absolute Gasteiger partial charge is 0.530 e. The molecule has 0 aliphatic carbocycles. The lowest BCUT2D eigenvalue weighted by atomic mass is 10.5. The fourth-order valence-electron chi connectivity index (χ4n) is 0.961. The lowest BCUT2D eigenvalue weighted by molar-refractivity contribution is 0.156. The fourth-order valence-corrected chi connectivity index (χ4v) is 3.54. The minimum atomic E-state index is -3.48. The molecule has 0 aliphatic heterocycles. The van der Waals surface area contributed by atoms with Crippen molar-refractivity contribution in [2.45, 2.75) is 31.6 Å². The Kier molecular flexibility index (Phi) is 6.59. The second-order valence-electron chi connectivity index (χ2n) is 3.33. The Balaban J connectivity index is 2.65. The number of rotatable bonds is 8. The number of phosphoric acid groups is 1. The van der Waals surface area contributed by atoms with Crippen molar-refractivity contribution in [1.29, 1.82) is 0 Å². The van der Waals surface area contributed by atoms with Crippen molar-refractivity contribution in [3.63, 3.8) is 0 Å². The third-order valence-corrected chi connectivity index (χ3v) is 4.45. The van der Waals surface area contributed by atoms with Crippen molar-refractivity contribution in [3.05, 3.63) is 11.4 Å². The van der Waals surface area contributed by atoms with Crippen LogP contribution in [-0.2, 0) is 13.6 Å². The molecule has 0 spiro atoms. The summed E-state index contributed by atoms with van der Waals surface area (Å²) in [5.74, 6) is 0. The van der Waals surface area contributed by atoms with Gasteiger partial charge in [-0.3, -0.25) is 9.05 Å². The van der Waals surface area contributed by atoms with Crippen molar-refractivity contribution in [1.82, 2.24) is 0 Å². The predicted molar refractivity (Wildman–Crippen MR) is 72.3 cm³/mol. The van der Waals surface area contributed by atoms with E-state index in [0.717, 1.165) is 17.7 Å². The van der Waals surface area contributed by atoms with Crippen molar-refractivity contribution in [2.24, 2.45) is 0 Å². The number of phosphoric ester groups is 1. The summed E-state index contributed by atoms with van der Waals surface area (Å²) in [6.07, 6.45) is 1.51. The molecular weight excluding hydrogens is 279 g/mol.